The molecule has 0 saturated carbocycles. The van der Waals surface area contributed by atoms with Gasteiger partial charge in [-0.25, -0.2) is 0 Å². The lowest BCUT2D eigenvalue weighted by Gasteiger charge is -2.12. The van der Waals surface area contributed by atoms with Crippen molar-refractivity contribution in [3.05, 3.63) is 22.2 Å². The van der Waals surface area contributed by atoms with E-state index in [2.05, 4.69) is 37.2 Å². The molecule has 82 valence electrons. The van der Waals surface area contributed by atoms with Gasteiger partial charge in [0.25, 0.3) is 0 Å². The summed E-state index contributed by atoms with van der Waals surface area (Å²) < 4.78 is 6.12. The largest absolute Gasteiger partial charge is 0.495 e. The number of benzene rings is 1. The highest BCUT2D eigenvalue weighted by Gasteiger charge is 2.10. The highest BCUT2D eigenvalue weighted by atomic mass is 79.9. The molecule has 0 aliphatic carbocycles. The standard InChI is InChI=1S/C10H11Br2NO2/c1-6-3-7(12)4-8(15-2)10(6)13-9(14)5-11/h3-4H,5H2,1-2H3,(H,13,14). The number of amides is 1. The smallest absolute Gasteiger partial charge is 0.235 e. The Labute approximate surface area is 105 Å². The van der Waals surface area contributed by atoms with Gasteiger partial charge < -0.3 is 10.1 Å². The lowest BCUT2D eigenvalue weighted by atomic mass is 10.2. The Morgan fingerprint density at radius 2 is 2.20 bits per heavy atom. The number of alkyl halides is 1. The van der Waals surface area contributed by atoms with Gasteiger partial charge in [-0.2, -0.15) is 0 Å². The highest BCUT2D eigenvalue weighted by molar-refractivity contribution is 9.10. The summed E-state index contributed by atoms with van der Waals surface area (Å²) >= 11 is 6.46. The Bertz CT molecular complexity index is 380. The van der Waals surface area contributed by atoms with E-state index in [1.54, 1.807) is 7.11 Å². The molecule has 0 atom stereocenters. The lowest BCUT2D eigenvalue weighted by molar-refractivity contribution is -0.113. The summed E-state index contributed by atoms with van der Waals surface area (Å²) in [6.45, 7) is 1.91. The molecule has 5 heteroatoms. The van der Waals surface area contributed by atoms with Crippen LogP contribution in [0.4, 0.5) is 5.69 Å². The van der Waals surface area contributed by atoms with Crippen molar-refractivity contribution in [2.24, 2.45) is 0 Å². The van der Waals surface area contributed by atoms with Gasteiger partial charge in [0.05, 0.1) is 18.1 Å². The van der Waals surface area contributed by atoms with E-state index in [1.165, 1.54) is 0 Å². The first-order valence-electron chi connectivity index (χ1n) is 4.28. The zero-order chi connectivity index (χ0) is 11.4. The third kappa shape index (κ3) is 3.21. The predicted molar refractivity (Wildman–Crippen MR) is 67.9 cm³/mol. The fraction of sp³-hybridized carbons (Fsp3) is 0.300. The molecule has 0 aliphatic heterocycles. The second kappa shape index (κ2) is 5.51. The maximum atomic E-state index is 11.3. The highest BCUT2D eigenvalue weighted by Crippen LogP contribution is 2.31. The molecule has 15 heavy (non-hydrogen) atoms. The quantitative estimate of drug-likeness (QED) is 0.861. The fourth-order valence-corrected chi connectivity index (χ4v) is 1.90. The van der Waals surface area contributed by atoms with Crippen LogP contribution in [0.5, 0.6) is 5.75 Å². The number of hydrogen-bond donors (Lipinski definition) is 1. The molecular formula is C10H11Br2NO2. The van der Waals surface area contributed by atoms with E-state index < -0.39 is 0 Å². The number of anilines is 1. The molecule has 0 saturated heterocycles. The minimum atomic E-state index is -0.0984. The van der Waals surface area contributed by atoms with Crippen LogP contribution in [-0.4, -0.2) is 18.3 Å². The number of nitrogens with one attached hydrogen (secondary N) is 1. The van der Waals surface area contributed by atoms with Gasteiger partial charge >= 0.3 is 0 Å². The van der Waals surface area contributed by atoms with Gasteiger partial charge in [-0.3, -0.25) is 4.79 Å². The summed E-state index contributed by atoms with van der Waals surface area (Å²) in [4.78, 5) is 11.3. The number of rotatable bonds is 3. The van der Waals surface area contributed by atoms with Crippen molar-refractivity contribution in [1.29, 1.82) is 0 Å². The topological polar surface area (TPSA) is 38.3 Å². The van der Waals surface area contributed by atoms with Crippen molar-refractivity contribution in [1.82, 2.24) is 0 Å². The SMILES string of the molecule is COc1cc(Br)cc(C)c1NC(=O)CBr. The van der Waals surface area contributed by atoms with Gasteiger partial charge in [0, 0.05) is 4.47 Å². The van der Waals surface area contributed by atoms with Crippen LogP contribution in [0.3, 0.4) is 0 Å². The van der Waals surface area contributed by atoms with E-state index in [0.29, 0.717) is 11.4 Å². The van der Waals surface area contributed by atoms with Crippen molar-refractivity contribution in [3.63, 3.8) is 0 Å². The van der Waals surface area contributed by atoms with Gasteiger partial charge in [-0.15, -0.1) is 0 Å². The number of carbonyl (C=O) groups is 1. The second-order valence-corrected chi connectivity index (χ2v) is 4.46. The number of carbonyl (C=O) groups excluding carboxylic acids is 1. The molecule has 0 spiro atoms. The molecule has 0 radical (unpaired) electrons. The zero-order valence-corrected chi connectivity index (χ0v) is 11.6. The van der Waals surface area contributed by atoms with Crippen LogP contribution in [0.2, 0.25) is 0 Å². The molecular weight excluding hydrogens is 326 g/mol. The van der Waals surface area contributed by atoms with E-state index >= 15 is 0 Å². The first-order chi connectivity index (χ1) is 7.08. The van der Waals surface area contributed by atoms with E-state index in [0.717, 1.165) is 10.0 Å². The second-order valence-electron chi connectivity index (χ2n) is 2.98. The minimum Gasteiger partial charge on any atom is -0.495 e. The van der Waals surface area contributed by atoms with Gasteiger partial charge in [0.1, 0.15) is 5.75 Å². The van der Waals surface area contributed by atoms with Crippen LogP contribution in [0.25, 0.3) is 0 Å². The van der Waals surface area contributed by atoms with Crippen LogP contribution in [-0.2, 0) is 4.79 Å². The van der Waals surface area contributed by atoms with E-state index in [1.807, 2.05) is 19.1 Å². The number of ether oxygens (including phenoxy) is 1. The van der Waals surface area contributed by atoms with Gasteiger partial charge in [0.15, 0.2) is 0 Å². The Morgan fingerprint density at radius 3 is 2.73 bits per heavy atom. The molecule has 1 aromatic rings. The molecule has 0 aromatic heterocycles. The number of halogens is 2. The summed E-state index contributed by atoms with van der Waals surface area (Å²) in [5, 5.41) is 3.04. The Morgan fingerprint density at radius 1 is 1.53 bits per heavy atom. The molecule has 1 aromatic carbocycles. The zero-order valence-electron chi connectivity index (χ0n) is 8.43. The summed E-state index contributed by atoms with van der Waals surface area (Å²) in [6, 6.07) is 3.74. The van der Waals surface area contributed by atoms with Crippen molar-refractivity contribution in [3.8, 4) is 5.75 Å². The first-order valence-corrected chi connectivity index (χ1v) is 6.20. The molecule has 0 unspecified atom stereocenters. The van der Waals surface area contributed by atoms with E-state index in [-0.39, 0.29) is 11.2 Å². The number of aryl methyl sites for hydroxylation is 1. The van der Waals surface area contributed by atoms with Crippen LogP contribution < -0.4 is 10.1 Å². The van der Waals surface area contributed by atoms with E-state index in [4.69, 9.17) is 4.74 Å². The molecule has 1 rings (SSSR count). The van der Waals surface area contributed by atoms with Crippen LogP contribution >= 0.6 is 31.9 Å². The Balaban J connectivity index is 3.09. The van der Waals surface area contributed by atoms with Crippen LogP contribution in [0, 0.1) is 6.92 Å². The summed E-state index contributed by atoms with van der Waals surface area (Å²) in [5.41, 5.74) is 1.67. The average Bonchev–Trinajstić information content (AvgIpc) is 2.21. The average molecular weight is 337 g/mol. The fourth-order valence-electron chi connectivity index (χ4n) is 1.21. The Hall–Kier alpha value is -0.550. The minimum absolute atomic E-state index is 0.0984. The lowest BCUT2D eigenvalue weighted by Crippen LogP contribution is -2.14. The Kier molecular flexibility index (Phi) is 4.60. The maximum absolute atomic E-state index is 11.3. The van der Waals surface area contributed by atoms with Gasteiger partial charge in [-0.05, 0) is 24.6 Å². The molecule has 0 fully saturated rings. The molecule has 1 amide bonds. The normalized spacial score (nSPS) is 9.87. The monoisotopic (exact) mass is 335 g/mol. The van der Waals surface area contributed by atoms with E-state index in [9.17, 15) is 4.79 Å². The van der Waals surface area contributed by atoms with Crippen molar-refractivity contribution in [2.75, 3.05) is 17.8 Å². The molecule has 1 N–H and O–H groups in total. The van der Waals surface area contributed by atoms with Crippen molar-refractivity contribution < 1.29 is 9.53 Å². The van der Waals surface area contributed by atoms with Crippen LogP contribution in [0.15, 0.2) is 16.6 Å². The third-order valence-corrected chi connectivity index (χ3v) is 2.84. The van der Waals surface area contributed by atoms with Gasteiger partial charge in [-0.1, -0.05) is 31.9 Å². The van der Waals surface area contributed by atoms with Crippen molar-refractivity contribution >= 4 is 43.5 Å². The summed E-state index contributed by atoms with van der Waals surface area (Å²) in [6.07, 6.45) is 0. The summed E-state index contributed by atoms with van der Waals surface area (Å²) in [7, 11) is 1.57. The maximum Gasteiger partial charge on any atom is 0.235 e. The first kappa shape index (κ1) is 12.5. The van der Waals surface area contributed by atoms with Crippen LogP contribution in [0.1, 0.15) is 5.56 Å². The predicted octanol–water partition coefficient (Wildman–Crippen LogP) is 3.10. The number of hydrogen-bond acceptors (Lipinski definition) is 2. The molecule has 0 heterocycles. The molecule has 0 aliphatic rings. The molecule has 0 bridgehead atoms. The third-order valence-electron chi connectivity index (χ3n) is 1.87. The van der Waals surface area contributed by atoms with Crippen molar-refractivity contribution in [2.45, 2.75) is 6.92 Å². The molecule has 3 nitrogen and oxygen atoms in total. The summed E-state index contributed by atoms with van der Waals surface area (Å²) in [5.74, 6) is 0.551. The van der Waals surface area contributed by atoms with Gasteiger partial charge in [0.2, 0.25) is 5.91 Å². The number of methoxy groups -OCH3 is 1.